The van der Waals surface area contributed by atoms with Crippen molar-refractivity contribution in [1.82, 2.24) is 0 Å². The van der Waals surface area contributed by atoms with Crippen molar-refractivity contribution >= 4 is 11.9 Å². The minimum atomic E-state index is -0.954. The van der Waals surface area contributed by atoms with Crippen LogP contribution in [0.3, 0.4) is 0 Å². The maximum Gasteiger partial charge on any atom is 0.308 e. The number of hydrogen-bond donors (Lipinski definition) is 1. The second-order valence-corrected chi connectivity index (χ2v) is 3.15. The molecule has 4 nitrogen and oxygen atoms in total. The first-order chi connectivity index (χ1) is 5.97. The summed E-state index contributed by atoms with van der Waals surface area (Å²) in [6.45, 7) is 5.22. The van der Waals surface area contributed by atoms with Crippen molar-refractivity contribution in [3.63, 3.8) is 0 Å². The van der Waals surface area contributed by atoms with Crippen molar-refractivity contribution in [2.24, 2.45) is 5.92 Å². The van der Waals surface area contributed by atoms with Crippen LogP contribution in [0, 0.1) is 5.92 Å². The number of aliphatic carboxylic acids is 1. The van der Waals surface area contributed by atoms with Gasteiger partial charge in [-0.15, -0.1) is 0 Å². The first-order valence-corrected chi connectivity index (χ1v) is 4.39. The molecule has 0 aromatic heterocycles. The fraction of sp³-hybridized carbons (Fsp3) is 0.778. The Kier molecular flexibility index (Phi) is 5.11. The lowest BCUT2D eigenvalue weighted by atomic mass is 10.1. The van der Waals surface area contributed by atoms with Crippen LogP contribution in [0.1, 0.15) is 33.6 Å². The van der Waals surface area contributed by atoms with Crippen molar-refractivity contribution in [1.29, 1.82) is 0 Å². The third kappa shape index (κ3) is 5.22. The number of carbonyl (C=O) groups is 2. The Morgan fingerprint density at radius 1 is 1.38 bits per heavy atom. The van der Waals surface area contributed by atoms with Gasteiger partial charge in [0, 0.05) is 0 Å². The fourth-order valence-corrected chi connectivity index (χ4v) is 0.769. The zero-order chi connectivity index (χ0) is 10.4. The van der Waals surface area contributed by atoms with Gasteiger partial charge in [0.15, 0.2) is 0 Å². The molecule has 0 amide bonds. The van der Waals surface area contributed by atoms with Gasteiger partial charge in [0.1, 0.15) is 6.10 Å². The Labute approximate surface area is 77.9 Å². The third-order valence-corrected chi connectivity index (χ3v) is 1.79. The molecule has 0 spiro atoms. The summed E-state index contributed by atoms with van der Waals surface area (Å²) in [5, 5.41) is 8.40. The van der Waals surface area contributed by atoms with Crippen LogP contribution in [0.25, 0.3) is 0 Å². The van der Waals surface area contributed by atoms with E-state index < -0.39 is 12.1 Å². The Morgan fingerprint density at radius 3 is 2.31 bits per heavy atom. The highest BCUT2D eigenvalue weighted by atomic mass is 16.5. The Morgan fingerprint density at radius 2 is 1.92 bits per heavy atom. The SMILES string of the molecule is CCC(C)C(=O)OC(C)CC(=O)O. The third-order valence-electron chi connectivity index (χ3n) is 1.79. The Hall–Kier alpha value is -1.06. The minimum absolute atomic E-state index is 0.137. The summed E-state index contributed by atoms with van der Waals surface area (Å²) in [6, 6.07) is 0. The van der Waals surface area contributed by atoms with Gasteiger partial charge in [-0.1, -0.05) is 13.8 Å². The molecule has 0 aliphatic heterocycles. The molecule has 0 aliphatic rings. The number of carbonyl (C=O) groups excluding carboxylic acids is 1. The van der Waals surface area contributed by atoms with Crippen molar-refractivity contribution in [2.75, 3.05) is 0 Å². The summed E-state index contributed by atoms with van der Waals surface area (Å²) in [5.41, 5.74) is 0. The molecule has 4 heteroatoms. The molecule has 1 N–H and O–H groups in total. The van der Waals surface area contributed by atoms with Crippen LogP contribution in [0.2, 0.25) is 0 Å². The first-order valence-electron chi connectivity index (χ1n) is 4.39. The van der Waals surface area contributed by atoms with Gasteiger partial charge in [-0.05, 0) is 13.3 Å². The topological polar surface area (TPSA) is 63.6 Å². The maximum absolute atomic E-state index is 11.2. The zero-order valence-corrected chi connectivity index (χ0v) is 8.24. The smallest absolute Gasteiger partial charge is 0.308 e. The van der Waals surface area contributed by atoms with Crippen LogP contribution in [-0.2, 0) is 14.3 Å². The average molecular weight is 188 g/mol. The first kappa shape index (κ1) is 11.9. The molecule has 0 rings (SSSR count). The summed E-state index contributed by atoms with van der Waals surface area (Å²) in [4.78, 5) is 21.4. The van der Waals surface area contributed by atoms with Crippen LogP contribution in [0.15, 0.2) is 0 Å². The molecule has 0 aromatic rings. The maximum atomic E-state index is 11.2. The van der Waals surface area contributed by atoms with Crippen LogP contribution >= 0.6 is 0 Å². The number of ether oxygens (including phenoxy) is 1. The lowest BCUT2D eigenvalue weighted by Gasteiger charge is -2.13. The van der Waals surface area contributed by atoms with E-state index in [-0.39, 0.29) is 18.3 Å². The number of rotatable bonds is 5. The lowest BCUT2D eigenvalue weighted by molar-refractivity contribution is -0.155. The zero-order valence-electron chi connectivity index (χ0n) is 8.24. The predicted octanol–water partition coefficient (Wildman–Crippen LogP) is 1.44. The molecule has 0 saturated heterocycles. The van der Waals surface area contributed by atoms with Gasteiger partial charge in [-0.2, -0.15) is 0 Å². The molecule has 2 unspecified atom stereocenters. The van der Waals surface area contributed by atoms with Gasteiger partial charge in [0.2, 0.25) is 0 Å². The Bertz CT molecular complexity index is 188. The van der Waals surface area contributed by atoms with E-state index in [4.69, 9.17) is 9.84 Å². The van der Waals surface area contributed by atoms with Gasteiger partial charge < -0.3 is 9.84 Å². The van der Waals surface area contributed by atoms with Crippen LogP contribution in [-0.4, -0.2) is 23.1 Å². The van der Waals surface area contributed by atoms with Gasteiger partial charge in [0.05, 0.1) is 12.3 Å². The van der Waals surface area contributed by atoms with Gasteiger partial charge in [-0.25, -0.2) is 0 Å². The summed E-state index contributed by atoms with van der Waals surface area (Å²) < 4.78 is 4.89. The van der Waals surface area contributed by atoms with Gasteiger partial charge in [0.25, 0.3) is 0 Å². The molecule has 2 atom stereocenters. The molecule has 0 radical (unpaired) electrons. The summed E-state index contributed by atoms with van der Waals surface area (Å²) in [5.74, 6) is -1.43. The largest absolute Gasteiger partial charge is 0.481 e. The predicted molar refractivity (Wildman–Crippen MR) is 47.3 cm³/mol. The average Bonchev–Trinajstić information content (AvgIpc) is 2.01. The molecule has 0 fully saturated rings. The van der Waals surface area contributed by atoms with E-state index in [0.717, 1.165) is 0 Å². The van der Waals surface area contributed by atoms with E-state index in [0.29, 0.717) is 6.42 Å². The standard InChI is InChI=1S/C9H16O4/c1-4-6(2)9(12)13-7(3)5-8(10)11/h6-7H,4-5H2,1-3H3,(H,10,11). The molecule has 13 heavy (non-hydrogen) atoms. The number of hydrogen-bond acceptors (Lipinski definition) is 3. The van der Waals surface area contributed by atoms with Crippen LogP contribution < -0.4 is 0 Å². The molecular weight excluding hydrogens is 172 g/mol. The van der Waals surface area contributed by atoms with E-state index in [1.54, 1.807) is 13.8 Å². The number of esters is 1. The molecule has 0 aromatic carbocycles. The number of carboxylic acid groups (broad SMARTS) is 1. The highest BCUT2D eigenvalue weighted by Crippen LogP contribution is 2.07. The highest BCUT2D eigenvalue weighted by molar-refractivity contribution is 5.73. The quantitative estimate of drug-likeness (QED) is 0.663. The van der Waals surface area contributed by atoms with Crippen molar-refractivity contribution in [3.8, 4) is 0 Å². The van der Waals surface area contributed by atoms with Crippen LogP contribution in [0.5, 0.6) is 0 Å². The van der Waals surface area contributed by atoms with E-state index >= 15 is 0 Å². The molecular formula is C9H16O4. The van der Waals surface area contributed by atoms with Gasteiger partial charge >= 0.3 is 11.9 Å². The normalized spacial score (nSPS) is 14.7. The number of carboxylic acids is 1. The van der Waals surface area contributed by atoms with Crippen molar-refractivity contribution in [2.45, 2.75) is 39.7 Å². The monoisotopic (exact) mass is 188 g/mol. The summed E-state index contributed by atoms with van der Waals surface area (Å²) in [7, 11) is 0. The van der Waals surface area contributed by atoms with E-state index in [1.807, 2.05) is 6.92 Å². The molecule has 76 valence electrons. The second-order valence-electron chi connectivity index (χ2n) is 3.15. The highest BCUT2D eigenvalue weighted by Gasteiger charge is 2.17. The minimum Gasteiger partial charge on any atom is -0.481 e. The lowest BCUT2D eigenvalue weighted by Crippen LogP contribution is -2.22. The van der Waals surface area contributed by atoms with E-state index in [9.17, 15) is 9.59 Å². The molecule has 0 bridgehead atoms. The van der Waals surface area contributed by atoms with Gasteiger partial charge in [-0.3, -0.25) is 9.59 Å². The summed E-state index contributed by atoms with van der Waals surface area (Å²) >= 11 is 0. The molecule has 0 saturated carbocycles. The second kappa shape index (κ2) is 5.56. The molecule has 0 heterocycles. The van der Waals surface area contributed by atoms with Crippen LogP contribution in [0.4, 0.5) is 0 Å². The van der Waals surface area contributed by atoms with Crippen molar-refractivity contribution < 1.29 is 19.4 Å². The van der Waals surface area contributed by atoms with E-state index in [1.165, 1.54) is 0 Å². The van der Waals surface area contributed by atoms with Crippen molar-refractivity contribution in [3.05, 3.63) is 0 Å². The summed E-state index contributed by atoms with van der Waals surface area (Å²) in [6.07, 6.45) is 0.0276. The Balaban J connectivity index is 3.84. The van der Waals surface area contributed by atoms with E-state index in [2.05, 4.69) is 0 Å². The molecule has 0 aliphatic carbocycles. The fourth-order valence-electron chi connectivity index (χ4n) is 0.769.